The predicted molar refractivity (Wildman–Crippen MR) is 80.4 cm³/mol. The van der Waals surface area contributed by atoms with Gasteiger partial charge in [-0.2, -0.15) is 0 Å². The summed E-state index contributed by atoms with van der Waals surface area (Å²) in [5, 5.41) is -0.599. The maximum absolute atomic E-state index is 13.9. The molecule has 0 fully saturated rings. The highest BCUT2D eigenvalue weighted by atomic mass is 79.9. The van der Waals surface area contributed by atoms with Gasteiger partial charge in [0.25, 0.3) is 0 Å². The molecule has 0 bridgehead atoms. The van der Waals surface area contributed by atoms with Gasteiger partial charge in [0.1, 0.15) is 11.6 Å². The van der Waals surface area contributed by atoms with Crippen LogP contribution in [0.1, 0.15) is 16.5 Å². The second-order valence-corrected chi connectivity index (χ2v) is 7.68. The summed E-state index contributed by atoms with van der Waals surface area (Å²) in [5.41, 5.74) is 1.17. The van der Waals surface area contributed by atoms with Crippen LogP contribution < -0.4 is 4.74 Å². The monoisotopic (exact) mass is 412 g/mol. The van der Waals surface area contributed by atoms with Gasteiger partial charge in [0.05, 0.1) is 25.6 Å². The number of ether oxygens (including phenoxy) is 1. The Morgan fingerprint density at radius 2 is 2.11 bits per heavy atom. The number of thiophene rings is 1. The summed E-state index contributed by atoms with van der Waals surface area (Å²) in [6, 6.07) is 6.55. The van der Waals surface area contributed by atoms with Crippen molar-refractivity contribution in [2.45, 2.75) is 5.38 Å². The zero-order chi connectivity index (χ0) is 13.3. The van der Waals surface area contributed by atoms with Crippen molar-refractivity contribution in [2.75, 3.05) is 7.11 Å². The van der Waals surface area contributed by atoms with Gasteiger partial charge in [-0.1, -0.05) is 6.07 Å². The molecule has 0 amide bonds. The molecular formula is C12H8Br2ClFOS. The molecule has 0 aliphatic carbocycles. The fourth-order valence-electron chi connectivity index (χ4n) is 1.62. The van der Waals surface area contributed by atoms with Crippen molar-refractivity contribution >= 4 is 54.8 Å². The van der Waals surface area contributed by atoms with E-state index in [4.69, 9.17) is 16.3 Å². The molecular weight excluding hydrogens is 406 g/mol. The van der Waals surface area contributed by atoms with E-state index in [1.54, 1.807) is 12.1 Å². The Bertz CT molecular complexity index is 573. The largest absolute Gasteiger partial charge is 0.496 e. The van der Waals surface area contributed by atoms with Crippen LogP contribution in [-0.4, -0.2) is 7.11 Å². The lowest BCUT2D eigenvalue weighted by atomic mass is 10.1. The molecule has 2 rings (SSSR count). The third-order valence-electron chi connectivity index (χ3n) is 2.44. The van der Waals surface area contributed by atoms with Crippen molar-refractivity contribution in [3.63, 3.8) is 0 Å². The van der Waals surface area contributed by atoms with Crippen LogP contribution in [0.25, 0.3) is 0 Å². The molecule has 1 atom stereocenters. The second kappa shape index (κ2) is 5.90. The highest BCUT2D eigenvalue weighted by Gasteiger charge is 2.23. The lowest BCUT2D eigenvalue weighted by Crippen LogP contribution is -2.00. The Kier molecular flexibility index (Phi) is 4.69. The molecule has 96 valence electrons. The first-order valence-corrected chi connectivity index (χ1v) is 7.79. The summed E-state index contributed by atoms with van der Waals surface area (Å²) in [7, 11) is 1.50. The van der Waals surface area contributed by atoms with Gasteiger partial charge >= 0.3 is 0 Å². The lowest BCUT2D eigenvalue weighted by molar-refractivity contribution is 0.405. The van der Waals surface area contributed by atoms with Crippen LogP contribution in [-0.2, 0) is 0 Å². The maximum Gasteiger partial charge on any atom is 0.131 e. The predicted octanol–water partition coefficient (Wildman–Crippen LogP) is 5.75. The van der Waals surface area contributed by atoms with E-state index in [9.17, 15) is 4.39 Å². The molecule has 1 aromatic heterocycles. The van der Waals surface area contributed by atoms with E-state index in [0.717, 1.165) is 13.1 Å². The third-order valence-corrected chi connectivity index (χ3v) is 5.28. The minimum absolute atomic E-state index is 0.354. The van der Waals surface area contributed by atoms with Crippen LogP contribution >= 0.6 is 54.8 Å². The van der Waals surface area contributed by atoms with Crippen LogP contribution in [0.4, 0.5) is 4.39 Å². The van der Waals surface area contributed by atoms with Crippen molar-refractivity contribution in [2.24, 2.45) is 0 Å². The van der Waals surface area contributed by atoms with E-state index >= 15 is 0 Å². The molecule has 0 saturated carbocycles. The number of alkyl halides is 1. The van der Waals surface area contributed by atoms with E-state index < -0.39 is 5.38 Å². The van der Waals surface area contributed by atoms with E-state index in [-0.39, 0.29) is 5.82 Å². The normalized spacial score (nSPS) is 12.5. The number of hydrogen-bond donors (Lipinski definition) is 0. The molecule has 0 aliphatic heterocycles. The van der Waals surface area contributed by atoms with Crippen LogP contribution in [0.5, 0.6) is 5.75 Å². The fourth-order valence-corrected chi connectivity index (χ4v) is 5.11. The van der Waals surface area contributed by atoms with Gasteiger partial charge in [-0.3, -0.25) is 0 Å². The van der Waals surface area contributed by atoms with Gasteiger partial charge in [0.15, 0.2) is 0 Å². The zero-order valence-corrected chi connectivity index (χ0v) is 14.0. The smallest absolute Gasteiger partial charge is 0.131 e. The molecule has 0 radical (unpaired) electrons. The fraction of sp³-hybridized carbons (Fsp3) is 0.167. The summed E-state index contributed by atoms with van der Waals surface area (Å²) < 4.78 is 20.9. The Labute approximate surface area is 130 Å². The second-order valence-electron chi connectivity index (χ2n) is 3.50. The topological polar surface area (TPSA) is 9.23 Å². The number of hydrogen-bond acceptors (Lipinski definition) is 2. The molecule has 0 saturated heterocycles. The zero-order valence-electron chi connectivity index (χ0n) is 9.22. The van der Waals surface area contributed by atoms with Crippen LogP contribution in [0.3, 0.4) is 0 Å². The van der Waals surface area contributed by atoms with Crippen molar-refractivity contribution in [1.82, 2.24) is 0 Å². The van der Waals surface area contributed by atoms with Crippen LogP contribution in [0.2, 0.25) is 0 Å². The highest BCUT2D eigenvalue weighted by molar-refractivity contribution is 9.12. The van der Waals surface area contributed by atoms with E-state index in [1.165, 1.54) is 24.5 Å². The number of methoxy groups -OCH3 is 1. The first-order chi connectivity index (χ1) is 8.54. The van der Waals surface area contributed by atoms with Crippen LogP contribution in [0, 0.1) is 5.82 Å². The average molecular weight is 415 g/mol. The van der Waals surface area contributed by atoms with Crippen molar-refractivity contribution < 1.29 is 9.13 Å². The summed E-state index contributed by atoms with van der Waals surface area (Å²) in [6.45, 7) is 0. The minimum atomic E-state index is -0.599. The molecule has 6 heteroatoms. The first kappa shape index (κ1) is 14.3. The van der Waals surface area contributed by atoms with E-state index in [2.05, 4.69) is 31.9 Å². The molecule has 1 unspecified atom stereocenters. The van der Waals surface area contributed by atoms with Crippen LogP contribution in [0.15, 0.2) is 31.8 Å². The summed E-state index contributed by atoms with van der Waals surface area (Å²) >= 11 is 14.7. The molecule has 18 heavy (non-hydrogen) atoms. The molecule has 1 nitrogen and oxygen atoms in total. The number of benzene rings is 1. The maximum atomic E-state index is 13.9. The first-order valence-electron chi connectivity index (χ1n) is 4.95. The van der Waals surface area contributed by atoms with Gasteiger partial charge in [0, 0.05) is 5.56 Å². The van der Waals surface area contributed by atoms with Gasteiger partial charge in [-0.15, -0.1) is 22.9 Å². The van der Waals surface area contributed by atoms with E-state index in [0.29, 0.717) is 11.3 Å². The quantitative estimate of drug-likeness (QED) is 0.581. The molecule has 0 aliphatic rings. The van der Waals surface area contributed by atoms with E-state index in [1.807, 2.05) is 6.07 Å². The Morgan fingerprint density at radius 3 is 2.67 bits per heavy atom. The Balaban J connectivity index is 2.52. The third kappa shape index (κ3) is 2.74. The van der Waals surface area contributed by atoms with Gasteiger partial charge in [0.2, 0.25) is 0 Å². The standard InChI is InChI=1S/C12H8Br2ClFOS/c1-17-8-4-2-3-7(16)10(8)11(15)6-5-9(13)18-12(6)14/h2-5,11H,1H3. The van der Waals surface area contributed by atoms with Crippen molar-refractivity contribution in [3.05, 3.63) is 48.8 Å². The molecule has 0 spiro atoms. The van der Waals surface area contributed by atoms with Crippen molar-refractivity contribution in [1.29, 1.82) is 0 Å². The number of halogens is 4. The average Bonchev–Trinajstić information content (AvgIpc) is 2.67. The van der Waals surface area contributed by atoms with Gasteiger partial charge in [-0.05, 0) is 50.1 Å². The summed E-state index contributed by atoms with van der Waals surface area (Å²) in [5.74, 6) is 0.0767. The van der Waals surface area contributed by atoms with Gasteiger partial charge < -0.3 is 4.74 Å². The Hall–Kier alpha value is -0.100. The van der Waals surface area contributed by atoms with Gasteiger partial charge in [-0.25, -0.2) is 4.39 Å². The highest BCUT2D eigenvalue weighted by Crippen LogP contribution is 2.43. The van der Waals surface area contributed by atoms with Crippen molar-refractivity contribution in [3.8, 4) is 5.75 Å². The molecule has 2 aromatic rings. The minimum Gasteiger partial charge on any atom is -0.496 e. The SMILES string of the molecule is COc1cccc(F)c1C(Cl)c1cc(Br)sc1Br. The molecule has 1 heterocycles. The molecule has 0 N–H and O–H groups in total. The molecule has 1 aromatic carbocycles. The summed E-state index contributed by atoms with van der Waals surface area (Å²) in [4.78, 5) is 0. The lowest BCUT2D eigenvalue weighted by Gasteiger charge is -2.14. The summed E-state index contributed by atoms with van der Waals surface area (Å²) in [6.07, 6.45) is 0. The Morgan fingerprint density at radius 1 is 1.39 bits per heavy atom. The number of rotatable bonds is 3.